The Balaban J connectivity index is 2.03. The first-order chi connectivity index (χ1) is 6.83. The molecule has 1 unspecified atom stereocenters. The minimum Gasteiger partial charge on any atom is -0.379 e. The minimum atomic E-state index is -0.590. The van der Waals surface area contributed by atoms with Gasteiger partial charge in [0.1, 0.15) is 0 Å². The van der Waals surface area contributed by atoms with Gasteiger partial charge in [0, 0.05) is 6.61 Å². The second kappa shape index (κ2) is 7.21. The molecule has 1 heterocycles. The molecule has 0 bridgehead atoms. The molecule has 0 amide bonds. The summed E-state index contributed by atoms with van der Waals surface area (Å²) in [5.41, 5.74) is 0. The van der Waals surface area contributed by atoms with Crippen LogP contribution in [-0.4, -0.2) is 30.7 Å². The number of hydrogen-bond donors (Lipinski definition) is 1. The van der Waals surface area contributed by atoms with Crippen LogP contribution in [0.2, 0.25) is 0 Å². The van der Waals surface area contributed by atoms with Gasteiger partial charge in [0.15, 0.2) is 6.29 Å². The molecule has 84 valence electrons. The zero-order chi connectivity index (χ0) is 10.2. The summed E-state index contributed by atoms with van der Waals surface area (Å²) < 4.78 is 10.7. The van der Waals surface area contributed by atoms with Gasteiger partial charge in [-0.15, -0.1) is 0 Å². The molecular weight excluding hydrogens is 180 g/mol. The van der Waals surface area contributed by atoms with Gasteiger partial charge >= 0.3 is 0 Å². The van der Waals surface area contributed by atoms with Crippen molar-refractivity contribution >= 4 is 0 Å². The van der Waals surface area contributed by atoms with Gasteiger partial charge in [0.2, 0.25) is 0 Å². The molecular formula is C11H22O3. The van der Waals surface area contributed by atoms with E-state index >= 15 is 0 Å². The SMILES string of the molecule is CCCCC[C@@H](O)OC1CCCOC1. The summed E-state index contributed by atoms with van der Waals surface area (Å²) in [6.45, 7) is 3.64. The monoisotopic (exact) mass is 202 g/mol. The fourth-order valence-electron chi connectivity index (χ4n) is 1.68. The first kappa shape index (κ1) is 12.0. The minimum absolute atomic E-state index is 0.111. The van der Waals surface area contributed by atoms with Gasteiger partial charge in [-0.25, -0.2) is 0 Å². The lowest BCUT2D eigenvalue weighted by Gasteiger charge is -2.25. The molecule has 1 saturated heterocycles. The van der Waals surface area contributed by atoms with Gasteiger partial charge in [-0.2, -0.15) is 0 Å². The second-order valence-electron chi connectivity index (χ2n) is 3.93. The number of unbranched alkanes of at least 4 members (excludes halogenated alkanes) is 2. The van der Waals surface area contributed by atoms with Crippen molar-refractivity contribution in [1.29, 1.82) is 0 Å². The van der Waals surface area contributed by atoms with Crippen LogP contribution < -0.4 is 0 Å². The predicted molar refractivity (Wildman–Crippen MR) is 55.1 cm³/mol. The fourth-order valence-corrected chi connectivity index (χ4v) is 1.68. The van der Waals surface area contributed by atoms with Crippen molar-refractivity contribution in [3.05, 3.63) is 0 Å². The lowest BCUT2D eigenvalue weighted by Crippen LogP contribution is -2.30. The average molecular weight is 202 g/mol. The lowest BCUT2D eigenvalue weighted by molar-refractivity contribution is -0.168. The molecule has 1 fully saturated rings. The quantitative estimate of drug-likeness (QED) is 0.529. The van der Waals surface area contributed by atoms with Gasteiger partial charge in [-0.1, -0.05) is 19.8 Å². The smallest absolute Gasteiger partial charge is 0.155 e. The third kappa shape index (κ3) is 4.94. The molecule has 14 heavy (non-hydrogen) atoms. The molecule has 3 heteroatoms. The molecule has 0 aromatic rings. The van der Waals surface area contributed by atoms with Crippen molar-refractivity contribution in [3.63, 3.8) is 0 Å². The summed E-state index contributed by atoms with van der Waals surface area (Å²) in [5, 5.41) is 9.55. The molecule has 1 rings (SSSR count). The Bertz CT molecular complexity index is 132. The first-order valence-corrected chi connectivity index (χ1v) is 5.74. The molecule has 0 aliphatic carbocycles. The maximum Gasteiger partial charge on any atom is 0.155 e. The van der Waals surface area contributed by atoms with Gasteiger partial charge < -0.3 is 14.6 Å². The zero-order valence-electron chi connectivity index (χ0n) is 9.08. The van der Waals surface area contributed by atoms with Gasteiger partial charge in [0.05, 0.1) is 12.7 Å². The number of aliphatic hydroxyl groups excluding tert-OH is 1. The van der Waals surface area contributed by atoms with E-state index < -0.39 is 6.29 Å². The van der Waals surface area contributed by atoms with E-state index in [1.54, 1.807) is 0 Å². The molecule has 0 radical (unpaired) electrons. The van der Waals surface area contributed by atoms with Crippen LogP contribution in [0.5, 0.6) is 0 Å². The van der Waals surface area contributed by atoms with Crippen molar-refractivity contribution in [2.24, 2.45) is 0 Å². The average Bonchev–Trinajstić information content (AvgIpc) is 2.20. The molecule has 2 atom stereocenters. The summed E-state index contributed by atoms with van der Waals surface area (Å²) in [5.74, 6) is 0. The summed E-state index contributed by atoms with van der Waals surface area (Å²) in [6, 6.07) is 0. The number of aliphatic hydroxyl groups is 1. The van der Waals surface area contributed by atoms with Crippen LogP contribution in [0.1, 0.15) is 45.4 Å². The van der Waals surface area contributed by atoms with Crippen LogP contribution >= 0.6 is 0 Å². The van der Waals surface area contributed by atoms with Crippen LogP contribution in [0, 0.1) is 0 Å². The maximum atomic E-state index is 9.55. The van der Waals surface area contributed by atoms with E-state index in [9.17, 15) is 5.11 Å². The van der Waals surface area contributed by atoms with Crippen LogP contribution in [-0.2, 0) is 9.47 Å². The highest BCUT2D eigenvalue weighted by Crippen LogP contribution is 2.13. The van der Waals surface area contributed by atoms with E-state index in [1.165, 1.54) is 12.8 Å². The summed E-state index contributed by atoms with van der Waals surface area (Å²) in [6.07, 6.45) is 5.74. The highest BCUT2D eigenvalue weighted by atomic mass is 16.6. The first-order valence-electron chi connectivity index (χ1n) is 5.74. The second-order valence-corrected chi connectivity index (χ2v) is 3.93. The Hall–Kier alpha value is -0.120. The molecule has 0 saturated carbocycles. The Labute approximate surface area is 86.4 Å². The van der Waals surface area contributed by atoms with Crippen molar-refractivity contribution in [2.75, 3.05) is 13.2 Å². The molecule has 1 aliphatic rings. The molecule has 1 N–H and O–H groups in total. The van der Waals surface area contributed by atoms with Crippen LogP contribution in [0.15, 0.2) is 0 Å². The van der Waals surface area contributed by atoms with Crippen molar-refractivity contribution in [2.45, 2.75) is 57.8 Å². The van der Waals surface area contributed by atoms with Crippen molar-refractivity contribution in [3.8, 4) is 0 Å². The third-order valence-electron chi connectivity index (χ3n) is 2.52. The number of ether oxygens (including phenoxy) is 2. The van der Waals surface area contributed by atoms with Crippen LogP contribution in [0.25, 0.3) is 0 Å². The van der Waals surface area contributed by atoms with Crippen molar-refractivity contribution < 1.29 is 14.6 Å². The number of hydrogen-bond acceptors (Lipinski definition) is 3. The molecule has 3 nitrogen and oxygen atoms in total. The normalized spacial score (nSPS) is 24.9. The van der Waals surface area contributed by atoms with E-state index in [1.807, 2.05) is 0 Å². The Kier molecular flexibility index (Phi) is 6.15. The maximum absolute atomic E-state index is 9.55. The summed E-state index contributed by atoms with van der Waals surface area (Å²) in [4.78, 5) is 0. The highest BCUT2D eigenvalue weighted by Gasteiger charge is 2.17. The van der Waals surface area contributed by atoms with E-state index in [2.05, 4.69) is 6.92 Å². The lowest BCUT2D eigenvalue weighted by atomic mass is 10.1. The standard InChI is InChI=1S/C11H22O3/c1-2-3-4-7-11(12)14-10-6-5-8-13-9-10/h10-12H,2-9H2,1H3/t10?,11-/m0/s1. The predicted octanol–water partition coefficient (Wildman–Crippen LogP) is 2.08. The fraction of sp³-hybridized carbons (Fsp3) is 1.00. The van der Waals surface area contributed by atoms with E-state index in [0.29, 0.717) is 6.61 Å². The van der Waals surface area contributed by atoms with E-state index in [-0.39, 0.29) is 6.10 Å². The third-order valence-corrected chi connectivity index (χ3v) is 2.52. The topological polar surface area (TPSA) is 38.7 Å². The van der Waals surface area contributed by atoms with E-state index in [4.69, 9.17) is 9.47 Å². The highest BCUT2D eigenvalue weighted by molar-refractivity contribution is 4.62. The number of rotatable bonds is 6. The Morgan fingerprint density at radius 2 is 2.36 bits per heavy atom. The van der Waals surface area contributed by atoms with Crippen LogP contribution in [0.4, 0.5) is 0 Å². The summed E-state index contributed by atoms with van der Waals surface area (Å²) in [7, 11) is 0. The van der Waals surface area contributed by atoms with Gasteiger partial charge in [-0.05, 0) is 25.7 Å². The molecule has 1 aliphatic heterocycles. The summed E-state index contributed by atoms with van der Waals surface area (Å²) >= 11 is 0. The molecule has 0 aromatic heterocycles. The largest absolute Gasteiger partial charge is 0.379 e. The van der Waals surface area contributed by atoms with Gasteiger partial charge in [-0.3, -0.25) is 0 Å². The van der Waals surface area contributed by atoms with Crippen LogP contribution in [0.3, 0.4) is 0 Å². The van der Waals surface area contributed by atoms with E-state index in [0.717, 1.165) is 32.3 Å². The Morgan fingerprint density at radius 3 is 3.00 bits per heavy atom. The van der Waals surface area contributed by atoms with Crippen molar-refractivity contribution in [1.82, 2.24) is 0 Å². The zero-order valence-corrected chi connectivity index (χ0v) is 9.08. The molecule has 0 aromatic carbocycles. The van der Waals surface area contributed by atoms with Gasteiger partial charge in [0.25, 0.3) is 0 Å². The molecule has 0 spiro atoms. The Morgan fingerprint density at radius 1 is 1.50 bits per heavy atom.